The number of carbonyl (C=O) groups excluding carboxylic acids is 1. The van der Waals surface area contributed by atoms with Gasteiger partial charge in [0, 0.05) is 17.8 Å². The standard InChI is InChI=1S/C19H23NO5/c1-12-7-6-8-13(2)18(12)25-11-17(21)20-14-9-15(22-3)19(24-5)16(10-14)23-4/h6-10H,11H2,1-5H3,(H,20,21). The highest BCUT2D eigenvalue weighted by Gasteiger charge is 2.15. The molecule has 1 N–H and O–H groups in total. The van der Waals surface area contributed by atoms with Crippen molar-refractivity contribution >= 4 is 11.6 Å². The van der Waals surface area contributed by atoms with Crippen LogP contribution in [0.3, 0.4) is 0 Å². The van der Waals surface area contributed by atoms with Gasteiger partial charge in [-0.25, -0.2) is 0 Å². The first-order valence-corrected chi connectivity index (χ1v) is 7.79. The zero-order valence-electron chi connectivity index (χ0n) is 15.1. The number of amides is 1. The highest BCUT2D eigenvalue weighted by Crippen LogP contribution is 2.39. The Morgan fingerprint density at radius 1 is 0.920 bits per heavy atom. The van der Waals surface area contributed by atoms with Crippen LogP contribution in [0.4, 0.5) is 5.69 Å². The van der Waals surface area contributed by atoms with Crippen molar-refractivity contribution in [3.63, 3.8) is 0 Å². The molecule has 6 nitrogen and oxygen atoms in total. The molecule has 0 aliphatic rings. The average Bonchev–Trinajstić information content (AvgIpc) is 2.60. The maximum absolute atomic E-state index is 12.2. The second-order valence-corrected chi connectivity index (χ2v) is 5.47. The fourth-order valence-electron chi connectivity index (χ4n) is 2.51. The highest BCUT2D eigenvalue weighted by atomic mass is 16.5. The van der Waals surface area contributed by atoms with Crippen LogP contribution < -0.4 is 24.3 Å². The number of nitrogens with one attached hydrogen (secondary N) is 1. The monoisotopic (exact) mass is 345 g/mol. The van der Waals surface area contributed by atoms with Crippen LogP contribution in [0.2, 0.25) is 0 Å². The molecular weight excluding hydrogens is 322 g/mol. The van der Waals surface area contributed by atoms with Crippen LogP contribution in [0, 0.1) is 13.8 Å². The van der Waals surface area contributed by atoms with Gasteiger partial charge >= 0.3 is 0 Å². The summed E-state index contributed by atoms with van der Waals surface area (Å²) in [5.41, 5.74) is 2.51. The van der Waals surface area contributed by atoms with Gasteiger partial charge in [0.25, 0.3) is 5.91 Å². The molecule has 0 unspecified atom stereocenters. The molecule has 0 aliphatic carbocycles. The largest absolute Gasteiger partial charge is 0.493 e. The molecule has 1 amide bonds. The maximum Gasteiger partial charge on any atom is 0.262 e. The van der Waals surface area contributed by atoms with Crippen LogP contribution >= 0.6 is 0 Å². The number of methoxy groups -OCH3 is 3. The minimum atomic E-state index is -0.281. The van der Waals surface area contributed by atoms with Gasteiger partial charge in [0.05, 0.1) is 21.3 Å². The Bertz CT molecular complexity index is 712. The second kappa shape index (κ2) is 8.28. The molecule has 0 aromatic heterocycles. The minimum absolute atomic E-state index is 0.0949. The summed E-state index contributed by atoms with van der Waals surface area (Å²) >= 11 is 0. The highest BCUT2D eigenvalue weighted by molar-refractivity contribution is 5.92. The van der Waals surface area contributed by atoms with Crippen molar-refractivity contribution in [1.29, 1.82) is 0 Å². The molecule has 0 saturated carbocycles. The Morgan fingerprint density at radius 3 is 1.96 bits per heavy atom. The summed E-state index contributed by atoms with van der Waals surface area (Å²) in [6.07, 6.45) is 0. The predicted molar refractivity (Wildman–Crippen MR) is 96.1 cm³/mol. The first-order valence-electron chi connectivity index (χ1n) is 7.79. The summed E-state index contributed by atoms with van der Waals surface area (Å²) in [6, 6.07) is 9.17. The van der Waals surface area contributed by atoms with Crippen molar-refractivity contribution in [3.05, 3.63) is 41.5 Å². The van der Waals surface area contributed by atoms with Gasteiger partial charge < -0.3 is 24.3 Å². The normalized spacial score (nSPS) is 10.1. The molecule has 0 bridgehead atoms. The van der Waals surface area contributed by atoms with Crippen molar-refractivity contribution in [2.45, 2.75) is 13.8 Å². The van der Waals surface area contributed by atoms with Gasteiger partial charge in [-0.15, -0.1) is 0 Å². The lowest BCUT2D eigenvalue weighted by Crippen LogP contribution is -2.20. The zero-order chi connectivity index (χ0) is 18.4. The van der Waals surface area contributed by atoms with E-state index in [1.54, 1.807) is 12.1 Å². The molecule has 0 saturated heterocycles. The minimum Gasteiger partial charge on any atom is -0.493 e. The Hall–Kier alpha value is -2.89. The third-order valence-electron chi connectivity index (χ3n) is 3.70. The van der Waals surface area contributed by atoms with Crippen molar-refractivity contribution in [1.82, 2.24) is 0 Å². The Morgan fingerprint density at radius 2 is 1.48 bits per heavy atom. The summed E-state index contributed by atoms with van der Waals surface area (Å²) in [4.78, 5) is 12.2. The SMILES string of the molecule is COc1cc(NC(=O)COc2c(C)cccc2C)cc(OC)c1OC. The summed E-state index contributed by atoms with van der Waals surface area (Å²) in [6.45, 7) is 3.79. The van der Waals surface area contributed by atoms with Gasteiger partial charge in [-0.1, -0.05) is 18.2 Å². The molecule has 2 aromatic rings. The van der Waals surface area contributed by atoms with E-state index < -0.39 is 0 Å². The predicted octanol–water partition coefficient (Wildman–Crippen LogP) is 3.35. The molecule has 2 rings (SSSR count). The van der Waals surface area contributed by atoms with E-state index >= 15 is 0 Å². The number of anilines is 1. The Balaban J connectivity index is 2.10. The lowest BCUT2D eigenvalue weighted by molar-refractivity contribution is -0.118. The lowest BCUT2D eigenvalue weighted by Gasteiger charge is -2.15. The van der Waals surface area contributed by atoms with E-state index in [0.717, 1.165) is 16.9 Å². The van der Waals surface area contributed by atoms with E-state index in [9.17, 15) is 4.79 Å². The Kier molecular flexibility index (Phi) is 6.11. The molecule has 0 radical (unpaired) electrons. The van der Waals surface area contributed by atoms with E-state index in [1.807, 2.05) is 32.0 Å². The quantitative estimate of drug-likeness (QED) is 0.834. The number of carbonyl (C=O) groups is 1. The third kappa shape index (κ3) is 4.35. The van der Waals surface area contributed by atoms with Crippen LogP contribution in [0.25, 0.3) is 0 Å². The van der Waals surface area contributed by atoms with Gasteiger partial charge in [-0.05, 0) is 25.0 Å². The van der Waals surface area contributed by atoms with Gasteiger partial charge in [0.15, 0.2) is 18.1 Å². The average molecular weight is 345 g/mol. The molecule has 2 aromatic carbocycles. The first kappa shape index (κ1) is 18.4. The van der Waals surface area contributed by atoms with Crippen LogP contribution in [0.5, 0.6) is 23.0 Å². The number of aryl methyl sites for hydroxylation is 2. The van der Waals surface area contributed by atoms with Crippen molar-refractivity contribution in [3.8, 4) is 23.0 Å². The number of hydrogen-bond acceptors (Lipinski definition) is 5. The maximum atomic E-state index is 12.2. The molecule has 25 heavy (non-hydrogen) atoms. The molecule has 134 valence electrons. The lowest BCUT2D eigenvalue weighted by atomic mass is 10.1. The van der Waals surface area contributed by atoms with E-state index in [4.69, 9.17) is 18.9 Å². The van der Waals surface area contributed by atoms with Crippen molar-refractivity contribution in [2.75, 3.05) is 33.3 Å². The van der Waals surface area contributed by atoms with Crippen LogP contribution in [0.1, 0.15) is 11.1 Å². The van der Waals surface area contributed by atoms with Gasteiger partial charge in [-0.2, -0.15) is 0 Å². The molecular formula is C19H23NO5. The van der Waals surface area contributed by atoms with Crippen LogP contribution in [-0.2, 0) is 4.79 Å². The first-order chi connectivity index (χ1) is 12.0. The molecule has 0 atom stereocenters. The number of para-hydroxylation sites is 1. The van der Waals surface area contributed by atoms with Crippen molar-refractivity contribution < 1.29 is 23.7 Å². The van der Waals surface area contributed by atoms with E-state index in [1.165, 1.54) is 21.3 Å². The summed E-state index contributed by atoms with van der Waals surface area (Å²) < 4.78 is 21.5. The van der Waals surface area contributed by atoms with Gasteiger partial charge in [-0.3, -0.25) is 4.79 Å². The number of benzene rings is 2. The molecule has 0 aliphatic heterocycles. The smallest absolute Gasteiger partial charge is 0.262 e. The van der Waals surface area contributed by atoms with E-state index in [-0.39, 0.29) is 12.5 Å². The zero-order valence-corrected chi connectivity index (χ0v) is 15.1. The fourth-order valence-corrected chi connectivity index (χ4v) is 2.51. The fraction of sp³-hybridized carbons (Fsp3) is 0.316. The molecule has 0 spiro atoms. The summed E-state index contributed by atoms with van der Waals surface area (Å²) in [5.74, 6) is 1.84. The molecule has 0 fully saturated rings. The third-order valence-corrected chi connectivity index (χ3v) is 3.70. The summed E-state index contributed by atoms with van der Waals surface area (Å²) in [5, 5.41) is 2.77. The van der Waals surface area contributed by atoms with Crippen molar-refractivity contribution in [2.24, 2.45) is 0 Å². The number of hydrogen-bond donors (Lipinski definition) is 1. The second-order valence-electron chi connectivity index (χ2n) is 5.47. The van der Waals surface area contributed by atoms with Gasteiger partial charge in [0.2, 0.25) is 5.75 Å². The topological polar surface area (TPSA) is 66.0 Å². The van der Waals surface area contributed by atoms with E-state index in [0.29, 0.717) is 22.9 Å². The number of ether oxygens (including phenoxy) is 4. The molecule has 0 heterocycles. The number of rotatable bonds is 7. The summed E-state index contributed by atoms with van der Waals surface area (Å²) in [7, 11) is 4.57. The van der Waals surface area contributed by atoms with Crippen LogP contribution in [-0.4, -0.2) is 33.8 Å². The van der Waals surface area contributed by atoms with E-state index in [2.05, 4.69) is 5.32 Å². The molecule has 6 heteroatoms. The van der Waals surface area contributed by atoms with Gasteiger partial charge in [0.1, 0.15) is 5.75 Å². The Labute approximate surface area is 147 Å². The van der Waals surface area contributed by atoms with Crippen LogP contribution in [0.15, 0.2) is 30.3 Å².